The summed E-state index contributed by atoms with van der Waals surface area (Å²) in [4.78, 5) is 51.6. The van der Waals surface area contributed by atoms with Gasteiger partial charge in [-0.05, 0) is 48.2 Å². The Bertz CT molecular complexity index is 1320. The number of hydrogen-bond donors (Lipinski definition) is 3. The van der Waals surface area contributed by atoms with E-state index < -0.39 is 22.9 Å². The summed E-state index contributed by atoms with van der Waals surface area (Å²) in [6.07, 6.45) is 1.59. The molecule has 2 heterocycles. The molecular formula is C26H24N4O5. The Morgan fingerprint density at radius 1 is 1.14 bits per heavy atom. The number of urea groups is 1. The van der Waals surface area contributed by atoms with Crippen molar-refractivity contribution in [3.63, 3.8) is 0 Å². The van der Waals surface area contributed by atoms with E-state index in [0.29, 0.717) is 23.4 Å². The van der Waals surface area contributed by atoms with E-state index in [1.54, 1.807) is 31.3 Å². The van der Waals surface area contributed by atoms with Crippen LogP contribution in [-0.2, 0) is 21.5 Å². The molecule has 2 fully saturated rings. The number of hydrogen-bond acceptors (Lipinski definition) is 5. The van der Waals surface area contributed by atoms with E-state index in [2.05, 4.69) is 27.8 Å². The largest absolute Gasteiger partial charge is 0.497 e. The van der Waals surface area contributed by atoms with Crippen LogP contribution in [0, 0.1) is 11.8 Å². The van der Waals surface area contributed by atoms with Gasteiger partial charge in [0.25, 0.3) is 11.8 Å². The van der Waals surface area contributed by atoms with E-state index in [1.165, 1.54) is 12.0 Å². The van der Waals surface area contributed by atoms with Crippen LogP contribution < -0.4 is 20.7 Å². The molecule has 9 nitrogen and oxygen atoms in total. The molecule has 0 aromatic heterocycles. The highest BCUT2D eigenvalue weighted by Gasteiger charge is 2.51. The molecule has 1 atom stereocenters. The number of amides is 5. The molecule has 2 aliphatic heterocycles. The number of nitrogens with zero attached hydrogens (tertiary/aromatic N) is 1. The second-order valence-corrected chi connectivity index (χ2v) is 8.99. The van der Waals surface area contributed by atoms with E-state index in [1.807, 2.05) is 18.2 Å². The highest BCUT2D eigenvalue weighted by Crippen LogP contribution is 2.48. The maximum atomic E-state index is 13.0. The highest BCUT2D eigenvalue weighted by molar-refractivity contribution is 6.10. The molecule has 0 spiro atoms. The molecule has 35 heavy (non-hydrogen) atoms. The number of nitrogens with one attached hydrogen (secondary N) is 3. The molecule has 178 valence electrons. The Hall–Kier alpha value is -4.32. The zero-order chi connectivity index (χ0) is 24.8. The number of benzene rings is 2. The minimum Gasteiger partial charge on any atom is -0.497 e. The van der Waals surface area contributed by atoms with Gasteiger partial charge in [-0.25, -0.2) is 4.79 Å². The van der Waals surface area contributed by atoms with Gasteiger partial charge in [0.1, 0.15) is 5.75 Å². The SMILES string of the molecule is CNC(=O)C1(c2ccc(C#C[C@]3(CN4Cc5ccc(OC)cc5C4=O)NC(=O)NC3=O)cc2)CC1. The first kappa shape index (κ1) is 22.5. The van der Waals surface area contributed by atoms with Crippen molar-refractivity contribution in [1.29, 1.82) is 0 Å². The van der Waals surface area contributed by atoms with Gasteiger partial charge in [-0.15, -0.1) is 0 Å². The quantitative estimate of drug-likeness (QED) is 0.445. The average molecular weight is 473 g/mol. The first-order valence-electron chi connectivity index (χ1n) is 11.3. The first-order valence-corrected chi connectivity index (χ1v) is 11.3. The van der Waals surface area contributed by atoms with Gasteiger partial charge < -0.3 is 20.3 Å². The van der Waals surface area contributed by atoms with Gasteiger partial charge in [0.15, 0.2) is 0 Å². The summed E-state index contributed by atoms with van der Waals surface area (Å²) in [5.41, 5.74) is 0.782. The minimum absolute atomic E-state index is 0.00507. The smallest absolute Gasteiger partial charge is 0.323 e. The van der Waals surface area contributed by atoms with Gasteiger partial charge in [0.2, 0.25) is 11.4 Å². The standard InChI is InChI=1S/C26H24N4O5/c1-27-22(32)25(11-12-25)18-6-3-16(4-7-18)9-10-26(23(33)28-24(34)29-26)15-30-14-17-5-8-19(35-2)13-20(17)21(30)31/h3-8,13H,11-12,14-15H2,1-2H3,(H,27,32)(H2,28,29,33,34)/t26-/m1/s1. The third-order valence-electron chi connectivity index (χ3n) is 6.83. The number of fused-ring (bicyclic) bond motifs is 1. The van der Waals surface area contributed by atoms with Crippen molar-refractivity contribution in [1.82, 2.24) is 20.9 Å². The summed E-state index contributed by atoms with van der Waals surface area (Å²) in [5, 5.41) is 7.56. The van der Waals surface area contributed by atoms with E-state index in [-0.39, 0.29) is 18.4 Å². The molecule has 2 aromatic rings. The van der Waals surface area contributed by atoms with Crippen molar-refractivity contribution in [2.24, 2.45) is 0 Å². The summed E-state index contributed by atoms with van der Waals surface area (Å²) < 4.78 is 5.21. The van der Waals surface area contributed by atoms with Gasteiger partial charge in [-0.2, -0.15) is 0 Å². The fraction of sp³-hybridized carbons (Fsp3) is 0.308. The lowest BCUT2D eigenvalue weighted by Crippen LogP contribution is -2.54. The summed E-state index contributed by atoms with van der Waals surface area (Å²) in [5.74, 6) is 5.56. The van der Waals surface area contributed by atoms with Crippen molar-refractivity contribution in [2.45, 2.75) is 30.3 Å². The third-order valence-corrected chi connectivity index (χ3v) is 6.83. The maximum absolute atomic E-state index is 13.0. The molecule has 1 saturated heterocycles. The van der Waals surface area contributed by atoms with Crippen LogP contribution in [0.1, 0.15) is 39.9 Å². The lowest BCUT2D eigenvalue weighted by molar-refractivity contribution is -0.123. The first-order chi connectivity index (χ1) is 16.8. The van der Waals surface area contributed by atoms with Crippen LogP contribution in [0.3, 0.4) is 0 Å². The second-order valence-electron chi connectivity index (χ2n) is 8.99. The fourth-order valence-corrected chi connectivity index (χ4v) is 4.67. The molecule has 3 aliphatic rings. The van der Waals surface area contributed by atoms with Gasteiger partial charge >= 0.3 is 6.03 Å². The maximum Gasteiger partial charge on any atom is 0.323 e. The fourth-order valence-electron chi connectivity index (χ4n) is 4.67. The number of ether oxygens (including phenoxy) is 1. The van der Waals surface area contributed by atoms with Gasteiger partial charge in [-0.1, -0.05) is 30.0 Å². The molecular weight excluding hydrogens is 448 g/mol. The minimum atomic E-state index is -1.59. The van der Waals surface area contributed by atoms with Crippen molar-refractivity contribution in [2.75, 3.05) is 20.7 Å². The van der Waals surface area contributed by atoms with Gasteiger partial charge in [0.05, 0.1) is 19.1 Å². The number of methoxy groups -OCH3 is 1. The van der Waals surface area contributed by atoms with Crippen LogP contribution in [0.15, 0.2) is 42.5 Å². The normalized spacial score (nSPS) is 21.4. The summed E-state index contributed by atoms with van der Waals surface area (Å²) in [6.45, 7) is 0.187. The van der Waals surface area contributed by atoms with Gasteiger partial charge in [0, 0.05) is 24.7 Å². The Morgan fingerprint density at radius 2 is 1.89 bits per heavy atom. The van der Waals surface area contributed by atoms with Crippen LogP contribution in [0.2, 0.25) is 0 Å². The molecule has 2 aromatic carbocycles. The van der Waals surface area contributed by atoms with Crippen molar-refractivity contribution in [3.8, 4) is 17.6 Å². The summed E-state index contributed by atoms with van der Waals surface area (Å²) in [6, 6.07) is 11.9. The molecule has 0 unspecified atom stereocenters. The number of rotatable bonds is 5. The van der Waals surface area contributed by atoms with Crippen molar-refractivity contribution < 1.29 is 23.9 Å². The molecule has 5 rings (SSSR count). The Morgan fingerprint density at radius 3 is 2.49 bits per heavy atom. The number of likely N-dealkylation sites (N-methyl/N-ethyl adjacent to an activating group) is 1. The highest BCUT2D eigenvalue weighted by atomic mass is 16.5. The Labute approximate surface area is 202 Å². The molecule has 0 bridgehead atoms. The monoisotopic (exact) mass is 472 g/mol. The van der Waals surface area contributed by atoms with E-state index in [9.17, 15) is 19.2 Å². The molecule has 5 amide bonds. The number of carbonyl (C=O) groups excluding carboxylic acids is 4. The van der Waals surface area contributed by atoms with Crippen LogP contribution in [0.5, 0.6) is 5.75 Å². The topological polar surface area (TPSA) is 117 Å². The van der Waals surface area contributed by atoms with Crippen LogP contribution in [0.4, 0.5) is 4.79 Å². The van der Waals surface area contributed by atoms with Gasteiger partial charge in [-0.3, -0.25) is 19.7 Å². The van der Waals surface area contributed by atoms with E-state index >= 15 is 0 Å². The third kappa shape index (κ3) is 3.77. The van der Waals surface area contributed by atoms with Crippen LogP contribution in [0.25, 0.3) is 0 Å². The Balaban J connectivity index is 1.40. The van der Waals surface area contributed by atoms with Crippen molar-refractivity contribution >= 4 is 23.8 Å². The predicted octanol–water partition coefficient (Wildman–Crippen LogP) is 1.06. The zero-order valence-corrected chi connectivity index (χ0v) is 19.4. The van der Waals surface area contributed by atoms with E-state index in [4.69, 9.17) is 4.74 Å². The van der Waals surface area contributed by atoms with E-state index in [0.717, 1.165) is 24.0 Å². The second kappa shape index (κ2) is 8.17. The lowest BCUT2D eigenvalue weighted by atomic mass is 9.93. The van der Waals surface area contributed by atoms with Crippen LogP contribution >= 0.6 is 0 Å². The molecule has 1 saturated carbocycles. The van der Waals surface area contributed by atoms with Crippen molar-refractivity contribution in [3.05, 3.63) is 64.7 Å². The average Bonchev–Trinajstić information content (AvgIpc) is 3.56. The Kier molecular flexibility index (Phi) is 5.24. The van der Waals surface area contributed by atoms with Crippen LogP contribution in [-0.4, -0.2) is 54.9 Å². The summed E-state index contributed by atoms with van der Waals surface area (Å²) >= 11 is 0. The summed E-state index contributed by atoms with van der Waals surface area (Å²) in [7, 11) is 3.15. The number of imide groups is 1. The molecule has 3 N–H and O–H groups in total. The predicted molar refractivity (Wildman–Crippen MR) is 125 cm³/mol. The molecule has 1 aliphatic carbocycles. The molecule has 0 radical (unpaired) electrons. The molecule has 9 heteroatoms. The lowest BCUT2D eigenvalue weighted by Gasteiger charge is -2.26. The number of carbonyl (C=O) groups is 4. The zero-order valence-electron chi connectivity index (χ0n) is 19.4.